The Morgan fingerprint density at radius 3 is 3.00 bits per heavy atom. The number of aromatic nitrogens is 1. The number of hydrogen-bond donors (Lipinski definition) is 1. The number of hydrogen-bond acceptors (Lipinski definition) is 3. The van der Waals surface area contributed by atoms with E-state index in [1.165, 1.54) is 7.11 Å². The number of carbonyl (C=O) groups is 1. The van der Waals surface area contributed by atoms with Crippen LogP contribution in [0.3, 0.4) is 0 Å². The van der Waals surface area contributed by atoms with E-state index in [-0.39, 0.29) is 5.92 Å². The second-order valence-corrected chi connectivity index (χ2v) is 3.15. The summed E-state index contributed by atoms with van der Waals surface area (Å²) in [5.74, 6) is -0.664. The molecule has 14 heavy (non-hydrogen) atoms. The molecule has 0 radical (unpaired) electrons. The molecule has 1 unspecified atom stereocenters. The molecule has 1 rings (SSSR count). The first kappa shape index (κ1) is 10.5. The SMILES string of the molecule is COc1cc(CC(C)C(=O)O)ccn1. The van der Waals surface area contributed by atoms with Gasteiger partial charge in [-0.3, -0.25) is 4.79 Å². The van der Waals surface area contributed by atoms with Gasteiger partial charge in [0.05, 0.1) is 13.0 Å². The molecule has 0 aromatic carbocycles. The Labute approximate surface area is 82.5 Å². The van der Waals surface area contributed by atoms with Crippen molar-refractivity contribution < 1.29 is 14.6 Å². The van der Waals surface area contributed by atoms with Crippen molar-refractivity contribution in [3.05, 3.63) is 23.9 Å². The lowest BCUT2D eigenvalue weighted by molar-refractivity contribution is -0.141. The maximum atomic E-state index is 10.6. The van der Waals surface area contributed by atoms with Crippen LogP contribution in [0.4, 0.5) is 0 Å². The summed E-state index contributed by atoms with van der Waals surface area (Å²) in [5.41, 5.74) is 0.923. The molecule has 0 aliphatic carbocycles. The average molecular weight is 195 g/mol. The van der Waals surface area contributed by atoms with E-state index in [2.05, 4.69) is 4.98 Å². The molecule has 0 amide bonds. The van der Waals surface area contributed by atoms with Gasteiger partial charge >= 0.3 is 5.97 Å². The number of aliphatic carboxylic acids is 1. The lowest BCUT2D eigenvalue weighted by atomic mass is 10.0. The normalized spacial score (nSPS) is 12.1. The van der Waals surface area contributed by atoms with E-state index >= 15 is 0 Å². The first-order chi connectivity index (χ1) is 6.63. The summed E-state index contributed by atoms with van der Waals surface area (Å²) in [6.07, 6.45) is 2.11. The van der Waals surface area contributed by atoms with E-state index in [9.17, 15) is 4.79 Å². The largest absolute Gasteiger partial charge is 0.481 e. The molecule has 4 nitrogen and oxygen atoms in total. The van der Waals surface area contributed by atoms with Gasteiger partial charge in [0.15, 0.2) is 0 Å². The lowest BCUT2D eigenvalue weighted by Gasteiger charge is -2.06. The van der Waals surface area contributed by atoms with Crippen molar-refractivity contribution in [3.8, 4) is 5.88 Å². The zero-order chi connectivity index (χ0) is 10.6. The predicted octanol–water partition coefficient (Wildman–Crippen LogP) is 1.35. The van der Waals surface area contributed by atoms with Gasteiger partial charge in [0.25, 0.3) is 0 Å². The summed E-state index contributed by atoms with van der Waals surface area (Å²) in [4.78, 5) is 14.6. The molecular weight excluding hydrogens is 182 g/mol. The molecule has 0 saturated heterocycles. The van der Waals surface area contributed by atoms with E-state index in [0.29, 0.717) is 12.3 Å². The topological polar surface area (TPSA) is 59.4 Å². The van der Waals surface area contributed by atoms with Crippen molar-refractivity contribution in [2.75, 3.05) is 7.11 Å². The molecule has 0 spiro atoms. The molecule has 0 saturated carbocycles. The van der Waals surface area contributed by atoms with E-state index in [4.69, 9.17) is 9.84 Å². The van der Waals surface area contributed by atoms with Gasteiger partial charge in [-0.1, -0.05) is 6.92 Å². The van der Waals surface area contributed by atoms with Crippen molar-refractivity contribution in [2.24, 2.45) is 5.92 Å². The summed E-state index contributed by atoms with van der Waals surface area (Å²) in [5, 5.41) is 8.72. The number of carboxylic acids is 1. The molecular formula is C10H13NO3. The Morgan fingerprint density at radius 1 is 1.71 bits per heavy atom. The monoisotopic (exact) mass is 195 g/mol. The Balaban J connectivity index is 2.71. The maximum Gasteiger partial charge on any atom is 0.306 e. The third kappa shape index (κ3) is 2.73. The van der Waals surface area contributed by atoms with Crippen molar-refractivity contribution in [3.63, 3.8) is 0 Å². The first-order valence-corrected chi connectivity index (χ1v) is 4.35. The maximum absolute atomic E-state index is 10.6. The van der Waals surface area contributed by atoms with Crippen LogP contribution < -0.4 is 4.74 Å². The van der Waals surface area contributed by atoms with Gasteiger partial charge < -0.3 is 9.84 Å². The molecule has 1 atom stereocenters. The highest BCUT2D eigenvalue weighted by atomic mass is 16.5. The molecule has 0 bridgehead atoms. The minimum atomic E-state index is -0.791. The zero-order valence-electron chi connectivity index (χ0n) is 8.23. The van der Waals surface area contributed by atoms with Crippen LogP contribution in [0, 0.1) is 5.92 Å². The van der Waals surface area contributed by atoms with Gasteiger partial charge in [0, 0.05) is 12.3 Å². The average Bonchev–Trinajstić information content (AvgIpc) is 2.18. The fraction of sp³-hybridized carbons (Fsp3) is 0.400. The van der Waals surface area contributed by atoms with Crippen LogP contribution in [0.2, 0.25) is 0 Å². The quantitative estimate of drug-likeness (QED) is 0.787. The highest BCUT2D eigenvalue weighted by Gasteiger charge is 2.11. The van der Waals surface area contributed by atoms with E-state index in [1.807, 2.05) is 0 Å². The summed E-state index contributed by atoms with van der Waals surface area (Å²) in [7, 11) is 1.53. The number of pyridine rings is 1. The Hall–Kier alpha value is -1.58. The van der Waals surface area contributed by atoms with Gasteiger partial charge in [-0.25, -0.2) is 4.98 Å². The second kappa shape index (κ2) is 4.60. The summed E-state index contributed by atoms with van der Waals surface area (Å²) in [6.45, 7) is 1.68. The van der Waals surface area contributed by atoms with Crippen molar-refractivity contribution in [2.45, 2.75) is 13.3 Å². The van der Waals surface area contributed by atoms with Crippen molar-refractivity contribution in [1.82, 2.24) is 4.98 Å². The van der Waals surface area contributed by atoms with Gasteiger partial charge in [0.1, 0.15) is 0 Å². The van der Waals surface area contributed by atoms with Gasteiger partial charge in [-0.15, -0.1) is 0 Å². The molecule has 76 valence electrons. The fourth-order valence-electron chi connectivity index (χ4n) is 1.13. The molecule has 4 heteroatoms. The molecule has 1 heterocycles. The predicted molar refractivity (Wildman–Crippen MR) is 51.3 cm³/mol. The zero-order valence-corrected chi connectivity index (χ0v) is 8.23. The van der Waals surface area contributed by atoms with Gasteiger partial charge in [0.2, 0.25) is 5.88 Å². The highest BCUT2D eigenvalue weighted by Crippen LogP contribution is 2.13. The molecule has 0 aliphatic heterocycles. The van der Waals surface area contributed by atoms with E-state index in [1.54, 1.807) is 25.3 Å². The molecule has 1 N–H and O–H groups in total. The van der Waals surface area contributed by atoms with Crippen molar-refractivity contribution >= 4 is 5.97 Å². The number of methoxy groups -OCH3 is 1. The lowest BCUT2D eigenvalue weighted by Crippen LogP contribution is -2.12. The number of nitrogens with zero attached hydrogens (tertiary/aromatic N) is 1. The Kier molecular flexibility index (Phi) is 3.45. The van der Waals surface area contributed by atoms with Crippen LogP contribution in [-0.4, -0.2) is 23.2 Å². The van der Waals surface area contributed by atoms with Gasteiger partial charge in [-0.2, -0.15) is 0 Å². The van der Waals surface area contributed by atoms with Crippen LogP contribution in [0.25, 0.3) is 0 Å². The smallest absolute Gasteiger partial charge is 0.306 e. The van der Waals surface area contributed by atoms with Crippen LogP contribution in [0.15, 0.2) is 18.3 Å². The van der Waals surface area contributed by atoms with E-state index < -0.39 is 5.97 Å². The second-order valence-electron chi connectivity index (χ2n) is 3.15. The van der Waals surface area contributed by atoms with Crippen LogP contribution in [-0.2, 0) is 11.2 Å². The summed E-state index contributed by atoms with van der Waals surface area (Å²) >= 11 is 0. The standard InChI is InChI=1S/C10H13NO3/c1-7(10(12)13)5-8-3-4-11-9(6-8)14-2/h3-4,6-7H,5H2,1-2H3,(H,12,13). The Morgan fingerprint density at radius 2 is 2.43 bits per heavy atom. The molecule has 0 aliphatic rings. The molecule has 1 aromatic heterocycles. The third-order valence-corrected chi connectivity index (χ3v) is 1.97. The molecule has 1 aromatic rings. The highest BCUT2D eigenvalue weighted by molar-refractivity contribution is 5.69. The number of carboxylic acid groups (broad SMARTS) is 1. The van der Waals surface area contributed by atoms with Crippen LogP contribution in [0.5, 0.6) is 5.88 Å². The van der Waals surface area contributed by atoms with Crippen molar-refractivity contribution in [1.29, 1.82) is 0 Å². The third-order valence-electron chi connectivity index (χ3n) is 1.97. The summed E-state index contributed by atoms with van der Waals surface area (Å²) in [6, 6.07) is 3.54. The minimum absolute atomic E-state index is 0.387. The van der Waals surface area contributed by atoms with Gasteiger partial charge in [-0.05, 0) is 18.1 Å². The number of ether oxygens (including phenoxy) is 1. The van der Waals surface area contributed by atoms with Crippen LogP contribution in [0.1, 0.15) is 12.5 Å². The Bertz CT molecular complexity index is 325. The van der Waals surface area contributed by atoms with E-state index in [0.717, 1.165) is 5.56 Å². The first-order valence-electron chi connectivity index (χ1n) is 4.35. The number of rotatable bonds is 4. The molecule has 0 fully saturated rings. The minimum Gasteiger partial charge on any atom is -0.481 e. The van der Waals surface area contributed by atoms with Crippen LogP contribution >= 0.6 is 0 Å². The fourth-order valence-corrected chi connectivity index (χ4v) is 1.13. The summed E-state index contributed by atoms with van der Waals surface area (Å²) < 4.78 is 4.94.